The topological polar surface area (TPSA) is 108 Å². The van der Waals surface area contributed by atoms with E-state index in [1.54, 1.807) is 30.3 Å². The van der Waals surface area contributed by atoms with Gasteiger partial charge in [0.05, 0.1) is 4.92 Å². The standard InChI is InChI=1S/C16H11ClN4O3/c17-12-1-3-14(4-2-12)20-16(22)11(9-18)10-19-13-5-7-15(8-6-13)21(23)24/h1-8,10,19H,(H,20,22)/b11-10-. The van der Waals surface area contributed by atoms with Crippen molar-refractivity contribution in [3.63, 3.8) is 0 Å². The molecule has 2 rings (SSSR count). The third-order valence-corrected chi connectivity index (χ3v) is 3.18. The number of non-ortho nitro benzene ring substituents is 1. The van der Waals surface area contributed by atoms with Gasteiger partial charge >= 0.3 is 0 Å². The number of nitrogens with one attached hydrogen (secondary N) is 2. The van der Waals surface area contributed by atoms with Crippen LogP contribution in [0.4, 0.5) is 17.1 Å². The normalized spacial score (nSPS) is 10.6. The van der Waals surface area contributed by atoms with Gasteiger partial charge in [0.2, 0.25) is 0 Å². The van der Waals surface area contributed by atoms with Crippen LogP contribution in [-0.4, -0.2) is 10.8 Å². The number of nitro benzene ring substituents is 1. The molecule has 0 bridgehead atoms. The molecule has 2 N–H and O–H groups in total. The molecule has 24 heavy (non-hydrogen) atoms. The minimum atomic E-state index is -0.589. The molecule has 7 nitrogen and oxygen atoms in total. The molecule has 0 aliphatic carbocycles. The van der Waals surface area contributed by atoms with E-state index >= 15 is 0 Å². The van der Waals surface area contributed by atoms with Crippen molar-refractivity contribution in [2.45, 2.75) is 0 Å². The molecule has 0 heterocycles. The third kappa shape index (κ3) is 4.56. The van der Waals surface area contributed by atoms with Crippen molar-refractivity contribution < 1.29 is 9.72 Å². The van der Waals surface area contributed by atoms with Crippen molar-refractivity contribution in [2.24, 2.45) is 0 Å². The van der Waals surface area contributed by atoms with Crippen molar-refractivity contribution in [1.29, 1.82) is 5.26 Å². The van der Waals surface area contributed by atoms with Crippen LogP contribution in [0.3, 0.4) is 0 Å². The maximum absolute atomic E-state index is 12.0. The summed E-state index contributed by atoms with van der Waals surface area (Å²) in [7, 11) is 0. The fourth-order valence-electron chi connectivity index (χ4n) is 1.72. The fraction of sp³-hybridized carbons (Fsp3) is 0. The van der Waals surface area contributed by atoms with E-state index < -0.39 is 10.8 Å². The minimum Gasteiger partial charge on any atom is -0.360 e. The molecule has 0 radical (unpaired) electrons. The minimum absolute atomic E-state index is 0.0504. The second kappa shape index (κ2) is 7.76. The largest absolute Gasteiger partial charge is 0.360 e. The van der Waals surface area contributed by atoms with Gasteiger partial charge in [-0.2, -0.15) is 5.26 Å². The number of nitrogens with zero attached hydrogens (tertiary/aromatic N) is 2. The van der Waals surface area contributed by atoms with E-state index in [1.165, 1.54) is 30.5 Å². The molecular formula is C16H11ClN4O3. The van der Waals surface area contributed by atoms with Crippen molar-refractivity contribution in [3.8, 4) is 6.07 Å². The number of anilines is 2. The number of rotatable bonds is 5. The first-order chi connectivity index (χ1) is 11.5. The Hall–Kier alpha value is -3.37. The van der Waals surface area contributed by atoms with Crippen LogP contribution in [0.2, 0.25) is 5.02 Å². The quantitative estimate of drug-likeness (QED) is 0.372. The predicted octanol–water partition coefficient (Wildman–Crippen LogP) is 3.71. The highest BCUT2D eigenvalue weighted by Crippen LogP contribution is 2.16. The maximum Gasteiger partial charge on any atom is 0.269 e. The lowest BCUT2D eigenvalue weighted by Gasteiger charge is -2.05. The summed E-state index contributed by atoms with van der Waals surface area (Å²) < 4.78 is 0. The molecule has 0 fully saturated rings. The summed E-state index contributed by atoms with van der Waals surface area (Å²) >= 11 is 5.76. The number of nitro groups is 1. The smallest absolute Gasteiger partial charge is 0.269 e. The van der Waals surface area contributed by atoms with E-state index in [-0.39, 0.29) is 11.3 Å². The fourth-order valence-corrected chi connectivity index (χ4v) is 1.84. The average Bonchev–Trinajstić information content (AvgIpc) is 2.58. The molecule has 120 valence electrons. The van der Waals surface area contributed by atoms with Gasteiger partial charge in [0.15, 0.2) is 0 Å². The monoisotopic (exact) mass is 342 g/mol. The summed E-state index contributed by atoms with van der Waals surface area (Å²) in [5, 5.41) is 25.5. The molecule has 2 aromatic carbocycles. The summed E-state index contributed by atoms with van der Waals surface area (Å²) in [5.41, 5.74) is 0.808. The zero-order valence-electron chi connectivity index (χ0n) is 12.2. The molecule has 0 saturated heterocycles. The SMILES string of the molecule is N#C/C(=C/Nc1ccc([N+](=O)[O-])cc1)C(=O)Nc1ccc(Cl)cc1. The van der Waals surface area contributed by atoms with Gasteiger partial charge in [-0.05, 0) is 36.4 Å². The number of carbonyl (C=O) groups is 1. The van der Waals surface area contributed by atoms with Gasteiger partial charge < -0.3 is 10.6 Å². The Morgan fingerprint density at radius 1 is 1.12 bits per heavy atom. The number of hydrogen-bond acceptors (Lipinski definition) is 5. The van der Waals surface area contributed by atoms with Crippen molar-refractivity contribution in [1.82, 2.24) is 0 Å². The molecule has 0 unspecified atom stereocenters. The first kappa shape index (κ1) is 17.0. The molecule has 1 amide bonds. The van der Waals surface area contributed by atoms with Crippen LogP contribution in [0.1, 0.15) is 0 Å². The Morgan fingerprint density at radius 3 is 2.25 bits per heavy atom. The van der Waals surface area contributed by atoms with Crippen LogP contribution in [0, 0.1) is 21.4 Å². The van der Waals surface area contributed by atoms with Gasteiger partial charge in [-0.15, -0.1) is 0 Å². The average molecular weight is 343 g/mol. The number of amides is 1. The molecule has 8 heteroatoms. The summed E-state index contributed by atoms with van der Waals surface area (Å²) in [6.07, 6.45) is 1.23. The lowest BCUT2D eigenvalue weighted by Crippen LogP contribution is -2.14. The Balaban J connectivity index is 2.05. The number of carbonyl (C=O) groups excluding carboxylic acids is 1. The predicted molar refractivity (Wildman–Crippen MR) is 90.5 cm³/mol. The lowest BCUT2D eigenvalue weighted by atomic mass is 10.2. The van der Waals surface area contributed by atoms with Crippen LogP contribution in [0.5, 0.6) is 0 Å². The van der Waals surface area contributed by atoms with Gasteiger partial charge in [0.25, 0.3) is 11.6 Å². The molecule has 0 saturated carbocycles. The van der Waals surface area contributed by atoms with Crippen LogP contribution < -0.4 is 10.6 Å². The number of benzene rings is 2. The Morgan fingerprint density at radius 2 is 1.71 bits per heavy atom. The zero-order chi connectivity index (χ0) is 17.5. The molecule has 2 aromatic rings. The zero-order valence-corrected chi connectivity index (χ0v) is 12.9. The van der Waals surface area contributed by atoms with Crippen LogP contribution in [-0.2, 0) is 4.79 Å². The Kier molecular flexibility index (Phi) is 5.49. The van der Waals surface area contributed by atoms with E-state index in [1.807, 2.05) is 0 Å². The summed E-state index contributed by atoms with van der Waals surface area (Å²) in [4.78, 5) is 22.1. The first-order valence-electron chi connectivity index (χ1n) is 6.68. The van der Waals surface area contributed by atoms with Gasteiger partial charge in [0.1, 0.15) is 11.6 Å². The molecule has 0 aliphatic heterocycles. The van der Waals surface area contributed by atoms with E-state index in [0.717, 1.165) is 0 Å². The molecule has 0 aliphatic rings. The highest BCUT2D eigenvalue weighted by molar-refractivity contribution is 6.30. The number of nitriles is 1. The van der Waals surface area contributed by atoms with Crippen LogP contribution in [0.15, 0.2) is 60.3 Å². The summed E-state index contributed by atoms with van der Waals surface area (Å²) in [5.74, 6) is -0.589. The number of hydrogen-bond donors (Lipinski definition) is 2. The van der Waals surface area contributed by atoms with Crippen LogP contribution in [0.25, 0.3) is 0 Å². The van der Waals surface area contributed by atoms with Crippen molar-refractivity contribution >= 4 is 34.6 Å². The van der Waals surface area contributed by atoms with Gasteiger partial charge in [0, 0.05) is 34.7 Å². The third-order valence-electron chi connectivity index (χ3n) is 2.93. The van der Waals surface area contributed by atoms with E-state index in [2.05, 4.69) is 10.6 Å². The van der Waals surface area contributed by atoms with E-state index in [9.17, 15) is 14.9 Å². The van der Waals surface area contributed by atoms with E-state index in [4.69, 9.17) is 16.9 Å². The molecular weight excluding hydrogens is 332 g/mol. The van der Waals surface area contributed by atoms with E-state index in [0.29, 0.717) is 16.4 Å². The highest BCUT2D eigenvalue weighted by Gasteiger charge is 2.09. The molecule has 0 atom stereocenters. The Bertz CT molecular complexity index is 824. The second-order valence-electron chi connectivity index (χ2n) is 4.58. The second-order valence-corrected chi connectivity index (χ2v) is 5.02. The highest BCUT2D eigenvalue weighted by atomic mass is 35.5. The summed E-state index contributed by atoms with van der Waals surface area (Å²) in [6, 6.07) is 13.8. The summed E-state index contributed by atoms with van der Waals surface area (Å²) in [6.45, 7) is 0. The first-order valence-corrected chi connectivity index (χ1v) is 7.05. The van der Waals surface area contributed by atoms with Crippen LogP contribution >= 0.6 is 11.6 Å². The molecule has 0 aromatic heterocycles. The van der Waals surface area contributed by atoms with Crippen molar-refractivity contribution in [2.75, 3.05) is 10.6 Å². The Labute approximate surface area is 142 Å². The van der Waals surface area contributed by atoms with Gasteiger partial charge in [-0.1, -0.05) is 11.6 Å². The number of halogens is 1. The maximum atomic E-state index is 12.0. The van der Waals surface area contributed by atoms with Gasteiger partial charge in [-0.25, -0.2) is 0 Å². The lowest BCUT2D eigenvalue weighted by molar-refractivity contribution is -0.384. The molecule has 0 spiro atoms. The van der Waals surface area contributed by atoms with Gasteiger partial charge in [-0.3, -0.25) is 14.9 Å². The van der Waals surface area contributed by atoms with Crippen molar-refractivity contribution in [3.05, 3.63) is 75.4 Å².